The number of hydrogen-bond donors (Lipinski definition) is 0. The number of carbonyl (C=O) groups excluding carboxylic acids is 2. The summed E-state index contributed by atoms with van der Waals surface area (Å²) in [6, 6.07) is 9.84. The number of fused-ring (bicyclic) bond motifs is 1. The lowest BCUT2D eigenvalue weighted by atomic mass is 10.0. The number of pyridine rings is 1. The van der Waals surface area contributed by atoms with Crippen molar-refractivity contribution in [2.24, 2.45) is 0 Å². The van der Waals surface area contributed by atoms with Crippen LogP contribution in [0.25, 0.3) is 16.9 Å². The van der Waals surface area contributed by atoms with E-state index in [0.29, 0.717) is 37.6 Å². The Morgan fingerprint density at radius 3 is 2.82 bits per heavy atom. The lowest BCUT2D eigenvalue weighted by Gasteiger charge is -2.32. The number of amides is 2. The predicted octanol–water partition coefficient (Wildman–Crippen LogP) is 3.88. The Morgan fingerprint density at radius 1 is 1.24 bits per heavy atom. The molecule has 0 saturated carbocycles. The van der Waals surface area contributed by atoms with Gasteiger partial charge in [0.15, 0.2) is 0 Å². The number of morpholine rings is 1. The zero-order valence-corrected chi connectivity index (χ0v) is 19.6. The van der Waals surface area contributed by atoms with Gasteiger partial charge in [-0.2, -0.15) is 0 Å². The largest absolute Gasteiger partial charge is 0.374 e. The fraction of sp³-hybridized carbons (Fsp3) is 0.400. The summed E-state index contributed by atoms with van der Waals surface area (Å²) in [6.45, 7) is 6.05. The molecule has 2 amide bonds. The first-order chi connectivity index (χ1) is 15.9. The molecule has 0 N–H and O–H groups in total. The number of nitrogens with zero attached hydrogens (tertiary/aromatic N) is 4. The van der Waals surface area contributed by atoms with E-state index in [2.05, 4.69) is 10.5 Å². The smallest absolute Gasteiger partial charge is 0.227 e. The molecule has 0 spiro atoms. The van der Waals surface area contributed by atoms with Crippen LogP contribution in [0.5, 0.6) is 0 Å². The number of aryl methyl sites for hydroxylation is 1. The van der Waals surface area contributed by atoms with Gasteiger partial charge in [0.2, 0.25) is 11.8 Å². The fourth-order valence-corrected chi connectivity index (χ4v) is 5.00. The molecule has 2 saturated heterocycles. The van der Waals surface area contributed by atoms with Crippen molar-refractivity contribution < 1.29 is 14.3 Å². The first kappa shape index (κ1) is 21.9. The van der Waals surface area contributed by atoms with Gasteiger partial charge in [0.1, 0.15) is 5.65 Å². The van der Waals surface area contributed by atoms with Crippen molar-refractivity contribution in [1.82, 2.24) is 14.3 Å². The third-order valence-corrected chi connectivity index (χ3v) is 6.79. The van der Waals surface area contributed by atoms with Crippen LogP contribution in [0.2, 0.25) is 5.02 Å². The third-order valence-electron chi connectivity index (χ3n) is 6.48. The number of benzene rings is 1. The molecule has 1 atom stereocenters. The van der Waals surface area contributed by atoms with Crippen molar-refractivity contribution in [2.45, 2.75) is 39.2 Å². The molecule has 172 valence electrons. The molecule has 1 aromatic carbocycles. The van der Waals surface area contributed by atoms with Crippen molar-refractivity contribution in [3.8, 4) is 11.3 Å². The number of halogens is 1. The molecule has 8 heteroatoms. The van der Waals surface area contributed by atoms with E-state index in [9.17, 15) is 9.59 Å². The Hall–Kier alpha value is -2.90. The van der Waals surface area contributed by atoms with Gasteiger partial charge in [-0.3, -0.25) is 9.59 Å². The number of aromatic nitrogens is 2. The van der Waals surface area contributed by atoms with Gasteiger partial charge < -0.3 is 18.9 Å². The highest BCUT2D eigenvalue weighted by Gasteiger charge is 2.27. The number of imidazole rings is 1. The average Bonchev–Trinajstić information content (AvgIpc) is 3.37. The van der Waals surface area contributed by atoms with Gasteiger partial charge in [-0.25, -0.2) is 4.98 Å². The fourth-order valence-electron chi connectivity index (χ4n) is 4.74. The van der Waals surface area contributed by atoms with Gasteiger partial charge in [0.25, 0.3) is 0 Å². The molecular weight excluding hydrogens is 440 g/mol. The Kier molecular flexibility index (Phi) is 5.85. The second-order valence-electron chi connectivity index (χ2n) is 8.81. The van der Waals surface area contributed by atoms with Crippen LogP contribution in [-0.2, 0) is 20.7 Å². The normalized spacial score (nSPS) is 19.0. The SMILES string of the molecule is CC(=O)N1CCO[C@@H](Cc2c(-c3ccc(N4CCCC4=O)cc3Cl)nc3cc(C)ccn23)C1. The quantitative estimate of drug-likeness (QED) is 0.585. The van der Waals surface area contributed by atoms with E-state index in [1.54, 1.807) is 11.8 Å². The Labute approximate surface area is 197 Å². The van der Waals surface area contributed by atoms with E-state index in [1.165, 1.54) is 0 Å². The Balaban J connectivity index is 1.54. The predicted molar refractivity (Wildman–Crippen MR) is 128 cm³/mol. The number of anilines is 1. The summed E-state index contributed by atoms with van der Waals surface area (Å²) in [5, 5.41) is 0.559. The van der Waals surface area contributed by atoms with Gasteiger partial charge in [-0.15, -0.1) is 0 Å². The molecule has 5 rings (SSSR count). The summed E-state index contributed by atoms with van der Waals surface area (Å²) in [5.74, 6) is 0.194. The molecule has 2 fully saturated rings. The second kappa shape index (κ2) is 8.80. The standard InChI is InChI=1S/C25H27ClN4O3/c1-16-7-9-30-22(14-19-15-28(17(2)31)10-11-33-19)25(27-23(30)12-16)20-6-5-18(13-21(20)26)29-8-3-4-24(29)32/h5-7,9,12-13,19H,3-4,8,10-11,14-15H2,1-2H3/t19-/m0/s1. The van der Waals surface area contributed by atoms with Crippen LogP contribution in [0, 0.1) is 6.92 Å². The van der Waals surface area contributed by atoms with Crippen LogP contribution < -0.4 is 4.90 Å². The molecule has 2 aliphatic heterocycles. The molecule has 2 aromatic heterocycles. The minimum atomic E-state index is -0.122. The molecule has 0 aliphatic carbocycles. The number of carbonyl (C=O) groups is 2. The van der Waals surface area contributed by atoms with E-state index < -0.39 is 0 Å². The summed E-state index contributed by atoms with van der Waals surface area (Å²) < 4.78 is 8.09. The maximum atomic E-state index is 12.2. The molecule has 3 aromatic rings. The first-order valence-corrected chi connectivity index (χ1v) is 11.7. The summed E-state index contributed by atoms with van der Waals surface area (Å²) in [4.78, 5) is 32.6. The van der Waals surface area contributed by atoms with Crippen molar-refractivity contribution in [3.63, 3.8) is 0 Å². The van der Waals surface area contributed by atoms with Gasteiger partial charge in [0.05, 0.1) is 29.1 Å². The Bertz CT molecular complexity index is 1240. The highest BCUT2D eigenvalue weighted by molar-refractivity contribution is 6.33. The molecule has 2 aliphatic rings. The molecular formula is C25H27ClN4O3. The van der Waals surface area contributed by atoms with Crippen LogP contribution in [-0.4, -0.2) is 58.4 Å². The van der Waals surface area contributed by atoms with Crippen molar-refractivity contribution in [2.75, 3.05) is 31.1 Å². The van der Waals surface area contributed by atoms with Crippen molar-refractivity contribution >= 4 is 34.7 Å². The molecule has 4 heterocycles. The van der Waals surface area contributed by atoms with Crippen LogP contribution in [0.3, 0.4) is 0 Å². The highest BCUT2D eigenvalue weighted by atomic mass is 35.5. The van der Waals surface area contributed by atoms with E-state index in [0.717, 1.165) is 46.8 Å². The van der Waals surface area contributed by atoms with E-state index in [4.69, 9.17) is 21.3 Å². The molecule has 0 unspecified atom stereocenters. The maximum Gasteiger partial charge on any atom is 0.227 e. The number of rotatable bonds is 4. The van der Waals surface area contributed by atoms with Crippen LogP contribution in [0.1, 0.15) is 31.0 Å². The zero-order chi connectivity index (χ0) is 23.1. The van der Waals surface area contributed by atoms with E-state index in [-0.39, 0.29) is 17.9 Å². The van der Waals surface area contributed by atoms with Crippen LogP contribution in [0.15, 0.2) is 36.5 Å². The van der Waals surface area contributed by atoms with Gasteiger partial charge in [0, 0.05) is 56.8 Å². The third kappa shape index (κ3) is 4.23. The first-order valence-electron chi connectivity index (χ1n) is 11.4. The number of ether oxygens (including phenoxy) is 1. The van der Waals surface area contributed by atoms with Gasteiger partial charge in [-0.05, 0) is 49.2 Å². The number of hydrogen-bond acceptors (Lipinski definition) is 4. The minimum Gasteiger partial charge on any atom is -0.374 e. The molecule has 0 bridgehead atoms. The molecule has 33 heavy (non-hydrogen) atoms. The molecule has 0 radical (unpaired) electrons. The van der Waals surface area contributed by atoms with Crippen molar-refractivity contribution in [3.05, 3.63) is 52.8 Å². The summed E-state index contributed by atoms with van der Waals surface area (Å²) in [5.41, 5.74) is 5.40. The Morgan fingerprint density at radius 2 is 2.09 bits per heavy atom. The summed E-state index contributed by atoms with van der Waals surface area (Å²) in [6.07, 6.45) is 3.95. The van der Waals surface area contributed by atoms with Crippen LogP contribution in [0.4, 0.5) is 5.69 Å². The lowest BCUT2D eigenvalue weighted by Crippen LogP contribution is -2.45. The van der Waals surface area contributed by atoms with E-state index >= 15 is 0 Å². The maximum absolute atomic E-state index is 12.2. The second-order valence-corrected chi connectivity index (χ2v) is 9.22. The van der Waals surface area contributed by atoms with E-state index in [1.807, 2.05) is 42.3 Å². The minimum absolute atomic E-state index is 0.0624. The topological polar surface area (TPSA) is 67.2 Å². The summed E-state index contributed by atoms with van der Waals surface area (Å²) in [7, 11) is 0. The van der Waals surface area contributed by atoms with Gasteiger partial charge >= 0.3 is 0 Å². The monoisotopic (exact) mass is 466 g/mol. The molecule has 7 nitrogen and oxygen atoms in total. The van der Waals surface area contributed by atoms with Crippen LogP contribution >= 0.6 is 11.6 Å². The lowest BCUT2D eigenvalue weighted by molar-refractivity contribution is -0.136. The highest BCUT2D eigenvalue weighted by Crippen LogP contribution is 2.35. The van der Waals surface area contributed by atoms with Gasteiger partial charge in [-0.1, -0.05) is 11.6 Å². The zero-order valence-electron chi connectivity index (χ0n) is 18.9. The average molecular weight is 467 g/mol. The van der Waals surface area contributed by atoms with Crippen molar-refractivity contribution in [1.29, 1.82) is 0 Å². The summed E-state index contributed by atoms with van der Waals surface area (Å²) >= 11 is 6.76.